The van der Waals surface area contributed by atoms with Crippen molar-refractivity contribution in [2.75, 3.05) is 56.4 Å². The van der Waals surface area contributed by atoms with Crippen LogP contribution in [-0.4, -0.2) is 89.8 Å². The van der Waals surface area contributed by atoms with Crippen molar-refractivity contribution in [3.63, 3.8) is 0 Å². The molecule has 0 amide bonds. The largest absolute Gasteiger partial charge is 0.305 e. The summed E-state index contributed by atoms with van der Waals surface area (Å²) in [6, 6.07) is 35.2. The van der Waals surface area contributed by atoms with Crippen molar-refractivity contribution in [3.05, 3.63) is 119 Å². The molecule has 4 nitrogen and oxygen atoms in total. The lowest BCUT2D eigenvalue weighted by atomic mass is 10.2. The van der Waals surface area contributed by atoms with Crippen LogP contribution < -0.4 is 20.7 Å². The van der Waals surface area contributed by atoms with Gasteiger partial charge in [0.15, 0.2) is 0 Å². The Morgan fingerprint density at radius 2 is 0.545 bits per heavy atom. The average molecular weight is 664 g/mol. The van der Waals surface area contributed by atoms with E-state index in [0.29, 0.717) is 0 Å². The molecule has 0 bridgehead atoms. The van der Waals surface area contributed by atoms with Crippen LogP contribution in [0.1, 0.15) is 22.3 Å². The molecule has 0 N–H and O–H groups in total. The summed E-state index contributed by atoms with van der Waals surface area (Å²) >= 11 is 17.5. The number of halogens is 2. The summed E-state index contributed by atoms with van der Waals surface area (Å²) in [5.74, 6) is 0. The molecule has 4 aromatic rings. The fourth-order valence-corrected chi connectivity index (χ4v) is 25.4. The topological polar surface area (TPSA) is 13.0 Å². The van der Waals surface area contributed by atoms with Gasteiger partial charge in [-0.05, 0) is 99.4 Å². The van der Waals surface area contributed by atoms with Crippen molar-refractivity contribution in [2.45, 2.75) is 26.2 Å². The van der Waals surface area contributed by atoms with Gasteiger partial charge in [0, 0.05) is 26.2 Å². The molecule has 4 aromatic carbocycles. The molecule has 234 valence electrons. The van der Waals surface area contributed by atoms with Crippen molar-refractivity contribution in [1.29, 1.82) is 0 Å². The fourth-order valence-electron chi connectivity index (χ4n) is 6.37. The maximum absolute atomic E-state index is 8.77. The molecule has 0 fully saturated rings. The van der Waals surface area contributed by atoms with Gasteiger partial charge < -0.3 is 19.6 Å². The Morgan fingerprint density at radius 1 is 0.364 bits per heavy atom. The Kier molecular flexibility index (Phi) is 11.7. The molecular formula is C36H48Cl2N4Si2. The average Bonchev–Trinajstić information content (AvgIpc) is 2.96. The lowest BCUT2D eigenvalue weighted by Gasteiger charge is -2.44. The molecule has 0 radical (unpaired) electrons. The van der Waals surface area contributed by atoms with E-state index in [1.165, 1.54) is 43.0 Å². The Labute approximate surface area is 277 Å². The van der Waals surface area contributed by atoms with E-state index in [0.717, 1.165) is 26.2 Å². The Bertz CT molecular complexity index is 1320. The first kappa shape index (κ1) is 34.6. The maximum atomic E-state index is 8.77. The van der Waals surface area contributed by atoms with Crippen molar-refractivity contribution in [1.82, 2.24) is 19.6 Å². The zero-order valence-corrected chi connectivity index (χ0v) is 31.1. The second kappa shape index (κ2) is 14.9. The van der Waals surface area contributed by atoms with Crippen LogP contribution in [0.3, 0.4) is 0 Å². The first-order valence-corrected chi connectivity index (χ1v) is 22.2. The summed E-state index contributed by atoms with van der Waals surface area (Å²) < 4.78 is 0. The molecule has 0 atom stereocenters. The monoisotopic (exact) mass is 662 g/mol. The van der Waals surface area contributed by atoms with Gasteiger partial charge in [-0.15, -0.1) is 0 Å². The van der Waals surface area contributed by atoms with E-state index in [4.69, 9.17) is 22.2 Å². The number of hydrogen-bond acceptors (Lipinski definition) is 4. The van der Waals surface area contributed by atoms with Gasteiger partial charge in [-0.1, -0.05) is 97.1 Å². The van der Waals surface area contributed by atoms with E-state index in [9.17, 15) is 0 Å². The van der Waals surface area contributed by atoms with Crippen LogP contribution in [0.25, 0.3) is 0 Å². The first-order chi connectivity index (χ1) is 20.9. The molecule has 4 rings (SSSR count). The number of hydrogen-bond donors (Lipinski definition) is 0. The lowest BCUT2D eigenvalue weighted by Crippen LogP contribution is -2.82. The zero-order valence-electron chi connectivity index (χ0n) is 27.6. The van der Waals surface area contributed by atoms with Gasteiger partial charge in [0.2, 0.25) is 13.8 Å². The molecule has 0 aliphatic carbocycles. The lowest BCUT2D eigenvalue weighted by molar-refractivity contribution is 0.403. The van der Waals surface area contributed by atoms with E-state index in [1.54, 1.807) is 0 Å². The van der Waals surface area contributed by atoms with Crippen LogP contribution in [0.15, 0.2) is 97.1 Å². The van der Waals surface area contributed by atoms with Gasteiger partial charge in [0.1, 0.15) is 0 Å². The SMILES string of the molecule is CN(C)Cc1ccccc1[Si](Cl)(c1ccccc1CN(C)C)[Si](Cl)(c1ccccc1CN(C)C)c1ccccc1CN(C)C. The van der Waals surface area contributed by atoms with Gasteiger partial charge in [0.05, 0.1) is 0 Å². The Balaban J connectivity index is 2.26. The highest BCUT2D eigenvalue weighted by Crippen LogP contribution is 2.32. The predicted molar refractivity (Wildman–Crippen MR) is 197 cm³/mol. The molecule has 0 heterocycles. The van der Waals surface area contributed by atoms with E-state index in [1.807, 2.05) is 0 Å². The summed E-state index contributed by atoms with van der Waals surface area (Å²) in [6.07, 6.45) is 0. The molecule has 0 aliphatic rings. The fraction of sp³-hybridized carbons (Fsp3) is 0.333. The van der Waals surface area contributed by atoms with Gasteiger partial charge in [0.25, 0.3) is 0 Å². The van der Waals surface area contributed by atoms with Crippen LogP contribution in [0.2, 0.25) is 0 Å². The Morgan fingerprint density at radius 3 is 0.727 bits per heavy atom. The minimum atomic E-state index is -3.34. The molecule has 0 aromatic heterocycles. The van der Waals surface area contributed by atoms with Crippen LogP contribution in [0, 0.1) is 0 Å². The quantitative estimate of drug-likeness (QED) is 0.156. The summed E-state index contributed by atoms with van der Waals surface area (Å²) in [5.41, 5.74) is 4.97. The minimum Gasteiger partial charge on any atom is -0.305 e. The molecule has 0 aliphatic heterocycles. The third kappa shape index (κ3) is 7.24. The summed E-state index contributed by atoms with van der Waals surface area (Å²) in [5, 5.41) is 4.84. The maximum Gasteiger partial charge on any atom is 0.234 e. The van der Waals surface area contributed by atoms with Crippen LogP contribution in [-0.2, 0) is 26.2 Å². The number of rotatable bonds is 13. The predicted octanol–water partition coefficient (Wildman–Crippen LogP) is 4.31. The highest BCUT2D eigenvalue weighted by atomic mass is 35.6. The van der Waals surface area contributed by atoms with E-state index >= 15 is 0 Å². The van der Waals surface area contributed by atoms with Gasteiger partial charge in [-0.3, -0.25) is 0 Å². The van der Waals surface area contributed by atoms with Crippen LogP contribution >= 0.6 is 22.2 Å². The van der Waals surface area contributed by atoms with Crippen LogP contribution in [0.5, 0.6) is 0 Å². The van der Waals surface area contributed by atoms with Gasteiger partial charge in [-0.25, -0.2) is 0 Å². The second-order valence-corrected chi connectivity index (χ2v) is 27.5. The smallest absolute Gasteiger partial charge is 0.234 e. The molecule has 0 spiro atoms. The highest BCUT2D eigenvalue weighted by molar-refractivity contribution is 7.84. The van der Waals surface area contributed by atoms with E-state index < -0.39 is 13.8 Å². The first-order valence-electron chi connectivity index (χ1n) is 15.2. The second-order valence-electron chi connectivity index (χ2n) is 12.9. The Hall–Kier alpha value is -2.27. The highest BCUT2D eigenvalue weighted by Gasteiger charge is 2.61. The standard InChI is InChI=1S/C36H48Cl2N4Si2/c1-39(2)25-29-17-9-13-21-33(29)43(37,34-22-14-10-18-30(34)26-40(3)4)44(38,35-23-15-11-19-31(35)27-41(5)6)36-24-16-12-20-32(36)28-42(7)8/h9-24H,25-28H2,1-8H3. The summed E-state index contributed by atoms with van der Waals surface area (Å²) in [7, 11) is 17.0. The molecule has 0 saturated heterocycles. The zero-order chi connectivity index (χ0) is 32.1. The molecular weight excluding hydrogens is 616 g/mol. The third-order valence-electron chi connectivity index (χ3n) is 7.97. The normalized spacial score (nSPS) is 12.6. The van der Waals surface area contributed by atoms with Crippen molar-refractivity contribution >= 4 is 56.7 Å². The van der Waals surface area contributed by atoms with Crippen molar-refractivity contribution < 1.29 is 0 Å². The summed E-state index contributed by atoms with van der Waals surface area (Å²) in [6.45, 7) is -3.54. The minimum absolute atomic E-state index is 0.785. The van der Waals surface area contributed by atoms with Crippen molar-refractivity contribution in [2.24, 2.45) is 0 Å². The van der Waals surface area contributed by atoms with Crippen molar-refractivity contribution in [3.8, 4) is 0 Å². The molecule has 44 heavy (non-hydrogen) atoms. The summed E-state index contributed by atoms with van der Waals surface area (Å²) in [4.78, 5) is 8.92. The third-order valence-corrected chi connectivity index (χ3v) is 28.3. The van der Waals surface area contributed by atoms with E-state index in [2.05, 4.69) is 173 Å². The number of nitrogens with zero attached hydrogens (tertiary/aromatic N) is 4. The van der Waals surface area contributed by atoms with Crippen LogP contribution in [0.4, 0.5) is 0 Å². The molecule has 8 heteroatoms. The molecule has 0 unspecified atom stereocenters. The van der Waals surface area contributed by atoms with E-state index in [-0.39, 0.29) is 0 Å². The van der Waals surface area contributed by atoms with Gasteiger partial charge in [-0.2, -0.15) is 22.2 Å². The molecule has 0 saturated carbocycles. The number of benzene rings is 4. The van der Waals surface area contributed by atoms with Gasteiger partial charge >= 0.3 is 0 Å².